The predicted octanol–water partition coefficient (Wildman–Crippen LogP) is 5.60. The molecule has 0 saturated carbocycles. The van der Waals surface area contributed by atoms with E-state index in [-0.39, 0.29) is 0 Å². The third-order valence-electron chi connectivity index (χ3n) is 4.59. The first kappa shape index (κ1) is 21.4. The first-order chi connectivity index (χ1) is 14.9. The molecule has 31 heavy (non-hydrogen) atoms. The molecular weight excluding hydrogens is 451 g/mol. The quantitative estimate of drug-likeness (QED) is 0.359. The van der Waals surface area contributed by atoms with Gasteiger partial charge in [0, 0.05) is 28.5 Å². The molecule has 9 heteroatoms. The number of aryl methyl sites for hydroxylation is 1. The molecule has 0 radical (unpaired) electrons. The number of anilines is 2. The zero-order valence-corrected chi connectivity index (χ0v) is 19.0. The maximum absolute atomic E-state index is 6.24. The van der Waals surface area contributed by atoms with Crippen LogP contribution in [0.15, 0.2) is 67.1 Å². The standard InChI is InChI=1S/C22H20Cl2N6S/c1-15-2-4-16(5-3-15)12-29-9-8-21(28-29)27-22(31)26-19-11-25-30(14-19)13-17-6-7-18(23)10-20(17)24/h2-11,14H,12-13H2,1H3,(H2,26,27,28,31). The summed E-state index contributed by atoms with van der Waals surface area (Å²) in [6.45, 7) is 3.30. The Bertz CT molecular complexity index is 1200. The fraction of sp³-hybridized carbons (Fsp3) is 0.136. The fourth-order valence-corrected chi connectivity index (χ4v) is 3.71. The normalized spacial score (nSPS) is 10.8. The van der Waals surface area contributed by atoms with Crippen molar-refractivity contribution in [2.24, 2.45) is 0 Å². The van der Waals surface area contributed by atoms with Crippen molar-refractivity contribution in [3.05, 3.63) is 93.9 Å². The summed E-state index contributed by atoms with van der Waals surface area (Å²) in [7, 11) is 0. The van der Waals surface area contributed by atoms with Gasteiger partial charge in [-0.3, -0.25) is 9.36 Å². The highest BCUT2D eigenvalue weighted by Gasteiger charge is 2.07. The number of hydrogen-bond donors (Lipinski definition) is 2. The van der Waals surface area contributed by atoms with E-state index >= 15 is 0 Å². The molecule has 6 nitrogen and oxygen atoms in total. The number of rotatable bonds is 6. The summed E-state index contributed by atoms with van der Waals surface area (Å²) in [5.74, 6) is 0.671. The Morgan fingerprint density at radius 1 is 1.00 bits per heavy atom. The molecule has 0 unspecified atom stereocenters. The third-order valence-corrected chi connectivity index (χ3v) is 5.38. The zero-order valence-electron chi connectivity index (χ0n) is 16.7. The van der Waals surface area contributed by atoms with Gasteiger partial charge in [0.05, 0.1) is 25.0 Å². The van der Waals surface area contributed by atoms with E-state index in [0.29, 0.717) is 34.1 Å². The third kappa shape index (κ3) is 5.85. The second-order valence-corrected chi connectivity index (χ2v) is 8.38. The molecule has 0 bridgehead atoms. The average molecular weight is 471 g/mol. The maximum atomic E-state index is 6.24. The van der Waals surface area contributed by atoms with E-state index in [1.165, 1.54) is 11.1 Å². The van der Waals surface area contributed by atoms with Crippen LogP contribution in [-0.2, 0) is 13.1 Å². The lowest BCUT2D eigenvalue weighted by Crippen LogP contribution is -2.19. The molecule has 158 valence electrons. The average Bonchev–Trinajstić information content (AvgIpc) is 3.35. The minimum Gasteiger partial charge on any atom is -0.330 e. The van der Waals surface area contributed by atoms with E-state index in [1.54, 1.807) is 16.9 Å². The number of nitrogens with one attached hydrogen (secondary N) is 2. The SMILES string of the molecule is Cc1ccc(Cn2ccc(NC(=S)Nc3cnn(Cc4ccc(Cl)cc4Cl)c3)n2)cc1. The van der Waals surface area contributed by atoms with Gasteiger partial charge < -0.3 is 10.6 Å². The van der Waals surface area contributed by atoms with Crippen LogP contribution >= 0.6 is 35.4 Å². The van der Waals surface area contributed by atoms with E-state index in [2.05, 4.69) is 52.0 Å². The number of aromatic nitrogens is 4. The molecule has 0 spiro atoms. The molecule has 0 aliphatic rings. The number of nitrogens with zero attached hydrogens (tertiary/aromatic N) is 4. The van der Waals surface area contributed by atoms with E-state index in [9.17, 15) is 0 Å². The summed E-state index contributed by atoms with van der Waals surface area (Å²) >= 11 is 17.6. The van der Waals surface area contributed by atoms with Crippen LogP contribution in [0.2, 0.25) is 10.0 Å². The maximum Gasteiger partial charge on any atom is 0.176 e. The minimum absolute atomic E-state index is 0.435. The lowest BCUT2D eigenvalue weighted by Gasteiger charge is -2.07. The largest absolute Gasteiger partial charge is 0.330 e. The van der Waals surface area contributed by atoms with Crippen LogP contribution in [0.25, 0.3) is 0 Å². The van der Waals surface area contributed by atoms with Gasteiger partial charge in [0.15, 0.2) is 10.9 Å². The number of hydrogen-bond acceptors (Lipinski definition) is 3. The summed E-state index contributed by atoms with van der Waals surface area (Å²) in [5, 5.41) is 16.7. The molecule has 0 amide bonds. The highest BCUT2D eigenvalue weighted by atomic mass is 35.5. The molecule has 0 saturated heterocycles. The van der Waals surface area contributed by atoms with Crippen molar-refractivity contribution in [3.8, 4) is 0 Å². The molecule has 0 aliphatic carbocycles. The molecule has 2 aromatic heterocycles. The monoisotopic (exact) mass is 470 g/mol. The molecule has 2 N–H and O–H groups in total. The summed E-state index contributed by atoms with van der Waals surface area (Å²) in [6.07, 6.45) is 5.47. The Kier molecular flexibility index (Phi) is 6.56. The van der Waals surface area contributed by atoms with E-state index < -0.39 is 0 Å². The van der Waals surface area contributed by atoms with Crippen molar-refractivity contribution >= 4 is 52.0 Å². The highest BCUT2D eigenvalue weighted by Crippen LogP contribution is 2.22. The second-order valence-electron chi connectivity index (χ2n) is 7.13. The van der Waals surface area contributed by atoms with Crippen LogP contribution in [-0.4, -0.2) is 24.7 Å². The van der Waals surface area contributed by atoms with E-state index in [1.807, 2.05) is 35.3 Å². The van der Waals surface area contributed by atoms with Crippen LogP contribution in [0.4, 0.5) is 11.5 Å². The fourth-order valence-electron chi connectivity index (χ4n) is 3.01. The van der Waals surface area contributed by atoms with Gasteiger partial charge in [0.25, 0.3) is 0 Å². The van der Waals surface area contributed by atoms with Gasteiger partial charge in [-0.05, 0) is 42.4 Å². The Morgan fingerprint density at radius 2 is 1.81 bits per heavy atom. The highest BCUT2D eigenvalue weighted by molar-refractivity contribution is 7.80. The summed E-state index contributed by atoms with van der Waals surface area (Å²) < 4.78 is 3.64. The van der Waals surface area contributed by atoms with Crippen molar-refractivity contribution in [1.82, 2.24) is 19.6 Å². The van der Waals surface area contributed by atoms with Crippen molar-refractivity contribution < 1.29 is 0 Å². The minimum atomic E-state index is 0.435. The lowest BCUT2D eigenvalue weighted by atomic mass is 10.1. The molecule has 0 atom stereocenters. The smallest absolute Gasteiger partial charge is 0.176 e. The Hall–Kier alpha value is -2.87. The Labute approximate surface area is 195 Å². The second kappa shape index (κ2) is 9.51. The molecule has 4 aromatic rings. The van der Waals surface area contributed by atoms with Crippen LogP contribution in [0.3, 0.4) is 0 Å². The molecule has 0 fully saturated rings. The number of halogens is 2. The molecule has 2 aromatic carbocycles. The van der Waals surface area contributed by atoms with Gasteiger partial charge in [-0.2, -0.15) is 10.2 Å². The first-order valence-electron chi connectivity index (χ1n) is 9.58. The number of benzene rings is 2. The van der Waals surface area contributed by atoms with Gasteiger partial charge in [-0.1, -0.05) is 59.1 Å². The van der Waals surface area contributed by atoms with Crippen LogP contribution < -0.4 is 10.6 Å². The summed E-state index contributed by atoms with van der Waals surface area (Å²) in [5.41, 5.74) is 4.12. The zero-order chi connectivity index (χ0) is 21.8. The molecule has 2 heterocycles. The van der Waals surface area contributed by atoms with E-state index in [4.69, 9.17) is 35.4 Å². The predicted molar refractivity (Wildman–Crippen MR) is 130 cm³/mol. The molecular formula is C22H20Cl2N6S. The lowest BCUT2D eigenvalue weighted by molar-refractivity contribution is 0.687. The first-order valence-corrected chi connectivity index (χ1v) is 10.7. The molecule has 0 aliphatic heterocycles. The summed E-state index contributed by atoms with van der Waals surface area (Å²) in [6, 6.07) is 15.7. The Balaban J connectivity index is 1.32. The van der Waals surface area contributed by atoms with Crippen molar-refractivity contribution in [1.29, 1.82) is 0 Å². The van der Waals surface area contributed by atoms with Crippen molar-refractivity contribution in [2.75, 3.05) is 10.6 Å². The van der Waals surface area contributed by atoms with Gasteiger partial charge >= 0.3 is 0 Å². The van der Waals surface area contributed by atoms with Gasteiger partial charge in [0.2, 0.25) is 0 Å². The van der Waals surface area contributed by atoms with Crippen molar-refractivity contribution in [2.45, 2.75) is 20.0 Å². The van der Waals surface area contributed by atoms with E-state index in [0.717, 1.165) is 11.3 Å². The van der Waals surface area contributed by atoms with Gasteiger partial charge in [-0.25, -0.2) is 0 Å². The number of thiocarbonyl (C=S) groups is 1. The molecule has 4 rings (SSSR count). The summed E-state index contributed by atoms with van der Waals surface area (Å²) in [4.78, 5) is 0. The van der Waals surface area contributed by atoms with Crippen LogP contribution in [0.5, 0.6) is 0 Å². The van der Waals surface area contributed by atoms with Crippen molar-refractivity contribution in [3.63, 3.8) is 0 Å². The van der Waals surface area contributed by atoms with Crippen LogP contribution in [0, 0.1) is 6.92 Å². The Morgan fingerprint density at radius 3 is 2.58 bits per heavy atom. The van der Waals surface area contributed by atoms with Gasteiger partial charge in [-0.15, -0.1) is 0 Å². The van der Waals surface area contributed by atoms with Gasteiger partial charge in [0.1, 0.15) is 0 Å². The topological polar surface area (TPSA) is 59.7 Å². The van der Waals surface area contributed by atoms with Crippen LogP contribution in [0.1, 0.15) is 16.7 Å².